The highest BCUT2D eigenvalue weighted by atomic mass is 32.2. The lowest BCUT2D eigenvalue weighted by Crippen LogP contribution is -2.23. The van der Waals surface area contributed by atoms with Gasteiger partial charge < -0.3 is 15.1 Å². The van der Waals surface area contributed by atoms with Gasteiger partial charge in [0.2, 0.25) is 11.8 Å². The average Bonchev–Trinajstić information content (AvgIpc) is 3.13. The predicted molar refractivity (Wildman–Crippen MR) is 102 cm³/mol. The number of benzene rings is 2. The molecule has 0 aliphatic rings. The van der Waals surface area contributed by atoms with Gasteiger partial charge in [-0.25, -0.2) is 4.39 Å². The zero-order valence-electron chi connectivity index (χ0n) is 14.9. The first-order valence-electron chi connectivity index (χ1n) is 8.35. The molecule has 3 aromatic rings. The zero-order valence-corrected chi connectivity index (χ0v) is 15.8. The summed E-state index contributed by atoms with van der Waals surface area (Å²) in [7, 11) is 0. The first-order valence-corrected chi connectivity index (χ1v) is 9.34. The Kier molecular flexibility index (Phi) is 6.38. The molecular weight excluding hydrogens is 383 g/mol. The van der Waals surface area contributed by atoms with Crippen LogP contribution < -0.4 is 10.6 Å². The third-order valence-corrected chi connectivity index (χ3v) is 4.41. The van der Waals surface area contributed by atoms with E-state index in [0.717, 1.165) is 17.3 Å². The summed E-state index contributed by atoms with van der Waals surface area (Å²) in [5.74, 6) is -1.14. The fourth-order valence-corrected chi connectivity index (χ4v) is 2.89. The molecule has 0 bridgehead atoms. The number of thioether (sulfide) groups is 1. The van der Waals surface area contributed by atoms with Crippen LogP contribution in [0.1, 0.15) is 21.8 Å². The lowest BCUT2D eigenvalue weighted by atomic mass is 10.2. The van der Waals surface area contributed by atoms with E-state index in [1.54, 1.807) is 12.1 Å². The Balaban J connectivity index is 1.47. The van der Waals surface area contributed by atoms with Crippen molar-refractivity contribution in [3.63, 3.8) is 0 Å². The molecule has 0 saturated carbocycles. The molecule has 0 fully saturated rings. The maximum absolute atomic E-state index is 13.6. The minimum Gasteiger partial charge on any atom is -0.414 e. The van der Waals surface area contributed by atoms with Crippen LogP contribution in [0.5, 0.6) is 0 Å². The topological polar surface area (TPSA) is 97.1 Å². The molecule has 9 heteroatoms. The molecule has 2 N–H and O–H groups in total. The molecule has 0 aliphatic heterocycles. The fourth-order valence-electron chi connectivity index (χ4n) is 2.31. The van der Waals surface area contributed by atoms with Crippen LogP contribution in [0.25, 0.3) is 0 Å². The van der Waals surface area contributed by atoms with Crippen LogP contribution in [0.15, 0.2) is 58.2 Å². The number of hydrogen-bond donors (Lipinski definition) is 2. The molecule has 2 aromatic carbocycles. The van der Waals surface area contributed by atoms with E-state index in [9.17, 15) is 14.0 Å². The molecule has 0 aliphatic carbocycles. The van der Waals surface area contributed by atoms with Gasteiger partial charge in [0, 0.05) is 5.69 Å². The van der Waals surface area contributed by atoms with E-state index in [-0.39, 0.29) is 34.9 Å². The van der Waals surface area contributed by atoms with E-state index in [2.05, 4.69) is 20.8 Å². The Morgan fingerprint density at radius 3 is 2.75 bits per heavy atom. The number of halogens is 1. The van der Waals surface area contributed by atoms with Crippen LogP contribution in [0.3, 0.4) is 0 Å². The normalized spacial score (nSPS) is 10.5. The summed E-state index contributed by atoms with van der Waals surface area (Å²) in [6.45, 7) is 1.89. The number of aromatic nitrogens is 2. The molecule has 144 valence electrons. The summed E-state index contributed by atoms with van der Waals surface area (Å²) in [5.41, 5.74) is 1.70. The standard InChI is InChI=1S/C19H17FN4O3S/c1-12-5-4-6-13(9-12)22-16(25)11-28-19-24-23-17(27-19)10-21-18(26)14-7-2-3-8-15(14)20/h2-9H,10-11H2,1H3,(H,21,26)(H,22,25). The molecule has 3 rings (SSSR count). The number of amides is 2. The highest BCUT2D eigenvalue weighted by molar-refractivity contribution is 7.99. The van der Waals surface area contributed by atoms with E-state index in [0.29, 0.717) is 5.69 Å². The number of anilines is 1. The van der Waals surface area contributed by atoms with Gasteiger partial charge in [0.15, 0.2) is 0 Å². The lowest BCUT2D eigenvalue weighted by molar-refractivity contribution is -0.113. The number of aryl methyl sites for hydroxylation is 1. The third-order valence-electron chi connectivity index (χ3n) is 3.60. The summed E-state index contributed by atoms with van der Waals surface area (Å²) < 4.78 is 18.9. The summed E-state index contributed by atoms with van der Waals surface area (Å²) in [6.07, 6.45) is 0. The molecule has 0 radical (unpaired) electrons. The van der Waals surface area contributed by atoms with Crippen molar-refractivity contribution in [2.45, 2.75) is 18.7 Å². The number of nitrogens with zero attached hydrogens (tertiary/aromatic N) is 2. The van der Waals surface area contributed by atoms with Crippen LogP contribution in [0.4, 0.5) is 10.1 Å². The number of carbonyl (C=O) groups excluding carboxylic acids is 2. The van der Waals surface area contributed by atoms with Gasteiger partial charge in [-0.1, -0.05) is 36.0 Å². The largest absolute Gasteiger partial charge is 0.414 e. The van der Waals surface area contributed by atoms with E-state index in [1.807, 2.05) is 25.1 Å². The minimum atomic E-state index is -0.610. The highest BCUT2D eigenvalue weighted by Crippen LogP contribution is 2.17. The second-order valence-corrected chi connectivity index (χ2v) is 6.76. The Bertz CT molecular complexity index is 993. The van der Waals surface area contributed by atoms with Gasteiger partial charge in [-0.2, -0.15) is 0 Å². The van der Waals surface area contributed by atoms with Crippen LogP contribution in [0.2, 0.25) is 0 Å². The SMILES string of the molecule is Cc1cccc(NC(=O)CSc2nnc(CNC(=O)c3ccccc3F)o2)c1. The molecule has 0 atom stereocenters. The van der Waals surface area contributed by atoms with Crippen molar-refractivity contribution in [1.82, 2.24) is 15.5 Å². The van der Waals surface area contributed by atoms with Crippen molar-refractivity contribution in [1.29, 1.82) is 0 Å². The number of carbonyl (C=O) groups is 2. The monoisotopic (exact) mass is 400 g/mol. The van der Waals surface area contributed by atoms with Crippen molar-refractivity contribution in [3.05, 3.63) is 71.4 Å². The molecular formula is C19H17FN4O3S. The number of rotatable bonds is 7. The lowest BCUT2D eigenvalue weighted by Gasteiger charge is -2.04. The fraction of sp³-hybridized carbons (Fsp3) is 0.158. The number of nitrogens with one attached hydrogen (secondary N) is 2. The van der Waals surface area contributed by atoms with Crippen molar-refractivity contribution >= 4 is 29.3 Å². The minimum absolute atomic E-state index is 0.0454. The van der Waals surface area contributed by atoms with Crippen molar-refractivity contribution in [2.75, 3.05) is 11.1 Å². The van der Waals surface area contributed by atoms with Crippen LogP contribution in [-0.2, 0) is 11.3 Å². The Labute approximate surface area is 164 Å². The quantitative estimate of drug-likeness (QED) is 0.591. The van der Waals surface area contributed by atoms with Crippen LogP contribution >= 0.6 is 11.8 Å². The van der Waals surface area contributed by atoms with Crippen molar-refractivity contribution in [2.24, 2.45) is 0 Å². The first-order chi connectivity index (χ1) is 13.5. The van der Waals surface area contributed by atoms with Crippen LogP contribution in [0, 0.1) is 12.7 Å². The van der Waals surface area contributed by atoms with Gasteiger partial charge in [0.05, 0.1) is 17.9 Å². The van der Waals surface area contributed by atoms with Crippen LogP contribution in [-0.4, -0.2) is 27.8 Å². The van der Waals surface area contributed by atoms with Gasteiger partial charge in [-0.15, -0.1) is 10.2 Å². The van der Waals surface area contributed by atoms with Gasteiger partial charge in [0.25, 0.3) is 11.1 Å². The second kappa shape index (κ2) is 9.14. The summed E-state index contributed by atoms with van der Waals surface area (Å²) in [5, 5.41) is 13.1. The molecule has 1 aromatic heterocycles. The van der Waals surface area contributed by atoms with E-state index in [4.69, 9.17) is 4.42 Å². The predicted octanol–water partition coefficient (Wildman–Crippen LogP) is 3.18. The molecule has 0 unspecified atom stereocenters. The van der Waals surface area contributed by atoms with E-state index >= 15 is 0 Å². The second-order valence-electron chi connectivity index (χ2n) is 5.83. The van der Waals surface area contributed by atoms with E-state index in [1.165, 1.54) is 18.2 Å². The molecule has 0 spiro atoms. The van der Waals surface area contributed by atoms with Gasteiger partial charge >= 0.3 is 0 Å². The maximum Gasteiger partial charge on any atom is 0.277 e. The summed E-state index contributed by atoms with van der Waals surface area (Å²) in [4.78, 5) is 24.0. The Morgan fingerprint density at radius 2 is 1.96 bits per heavy atom. The molecule has 1 heterocycles. The van der Waals surface area contributed by atoms with Gasteiger partial charge in [0.1, 0.15) is 5.82 Å². The van der Waals surface area contributed by atoms with Crippen molar-refractivity contribution < 1.29 is 18.4 Å². The Hall–Kier alpha value is -3.20. The maximum atomic E-state index is 13.6. The first kappa shape index (κ1) is 19.6. The van der Waals surface area contributed by atoms with Crippen molar-refractivity contribution in [3.8, 4) is 0 Å². The summed E-state index contributed by atoms with van der Waals surface area (Å²) in [6, 6.07) is 13.1. The average molecular weight is 400 g/mol. The van der Waals surface area contributed by atoms with Gasteiger partial charge in [-0.05, 0) is 36.8 Å². The molecule has 2 amide bonds. The number of hydrogen-bond acceptors (Lipinski definition) is 6. The zero-order chi connectivity index (χ0) is 19.9. The highest BCUT2D eigenvalue weighted by Gasteiger charge is 2.13. The molecule has 28 heavy (non-hydrogen) atoms. The Morgan fingerprint density at radius 1 is 1.14 bits per heavy atom. The van der Waals surface area contributed by atoms with Gasteiger partial charge in [-0.3, -0.25) is 9.59 Å². The smallest absolute Gasteiger partial charge is 0.277 e. The molecule has 0 saturated heterocycles. The third kappa shape index (κ3) is 5.40. The molecule has 7 nitrogen and oxygen atoms in total. The van der Waals surface area contributed by atoms with E-state index < -0.39 is 11.7 Å². The summed E-state index contributed by atoms with van der Waals surface area (Å²) >= 11 is 1.08.